The Hall–Kier alpha value is -3.08. The van der Waals surface area contributed by atoms with Gasteiger partial charge in [-0.25, -0.2) is 9.97 Å². The molecule has 10 nitrogen and oxygen atoms in total. The van der Waals surface area contributed by atoms with Gasteiger partial charge in [0.25, 0.3) is 11.8 Å². The molecule has 11 heteroatoms. The molecule has 2 unspecified atom stereocenters. The van der Waals surface area contributed by atoms with Crippen LogP contribution in [0, 0.1) is 6.92 Å². The number of amides is 1. The van der Waals surface area contributed by atoms with Crippen LogP contribution in [-0.2, 0) is 0 Å². The van der Waals surface area contributed by atoms with Crippen molar-refractivity contribution >= 4 is 23.3 Å². The molecule has 2 atom stereocenters. The number of hydrogen-bond donors (Lipinski definition) is 1. The molecule has 5 rings (SSSR count). The summed E-state index contributed by atoms with van der Waals surface area (Å²) >= 11 is 5.99. The van der Waals surface area contributed by atoms with Gasteiger partial charge in [0.05, 0.1) is 17.9 Å². The number of aryl methyl sites for hydroxylation is 1. The lowest BCUT2D eigenvalue weighted by Crippen LogP contribution is -2.58. The van der Waals surface area contributed by atoms with Gasteiger partial charge in [0, 0.05) is 55.4 Å². The second kappa shape index (κ2) is 12.6. The molecule has 0 bridgehead atoms. The Morgan fingerprint density at radius 1 is 1.12 bits per heavy atom. The number of nitrogens with two attached hydrogens (primary N) is 1. The van der Waals surface area contributed by atoms with Gasteiger partial charge in [-0.05, 0) is 56.9 Å². The first-order valence-electron chi connectivity index (χ1n) is 14.4. The van der Waals surface area contributed by atoms with E-state index in [0.29, 0.717) is 40.1 Å². The highest BCUT2D eigenvalue weighted by Crippen LogP contribution is 2.28. The number of carbonyl (C=O) groups excluding carboxylic acids is 1. The average Bonchev–Trinajstić information content (AvgIpc) is 3.48. The molecule has 4 heterocycles. The van der Waals surface area contributed by atoms with E-state index < -0.39 is 0 Å². The molecule has 1 amide bonds. The monoisotopic (exact) mass is 566 g/mol. The van der Waals surface area contributed by atoms with Crippen molar-refractivity contribution in [2.75, 3.05) is 37.6 Å². The fourth-order valence-corrected chi connectivity index (χ4v) is 6.02. The van der Waals surface area contributed by atoms with Gasteiger partial charge >= 0.3 is 0 Å². The molecular weight excluding hydrogens is 528 g/mol. The first-order chi connectivity index (χ1) is 19.4. The number of piperidine rings is 1. The number of halogens is 1. The maximum absolute atomic E-state index is 12.9. The van der Waals surface area contributed by atoms with E-state index in [4.69, 9.17) is 31.7 Å². The Labute approximate surface area is 240 Å². The fraction of sp³-hybridized carbons (Fsp3) is 0.552. The summed E-state index contributed by atoms with van der Waals surface area (Å²) in [7, 11) is 0. The summed E-state index contributed by atoms with van der Waals surface area (Å²) in [5.74, 6) is 1.76. The van der Waals surface area contributed by atoms with Crippen LogP contribution >= 0.6 is 11.6 Å². The summed E-state index contributed by atoms with van der Waals surface area (Å²) in [5.41, 5.74) is 8.23. The lowest BCUT2D eigenvalue weighted by atomic mass is 9.97. The number of piperazine rings is 1. The van der Waals surface area contributed by atoms with Gasteiger partial charge in [0.1, 0.15) is 11.5 Å². The van der Waals surface area contributed by atoms with Crippen molar-refractivity contribution in [1.82, 2.24) is 30.0 Å². The molecular formula is C29H39ClN8O2. The zero-order valence-electron chi connectivity index (χ0n) is 23.6. The Balaban J connectivity index is 1.19. The third-order valence-electron chi connectivity index (χ3n) is 8.11. The number of hydrogen-bond acceptors (Lipinski definition) is 9. The third kappa shape index (κ3) is 6.14. The van der Waals surface area contributed by atoms with Crippen molar-refractivity contribution in [3.8, 4) is 11.6 Å². The fourth-order valence-electron chi connectivity index (χ4n) is 5.89. The first kappa shape index (κ1) is 28.4. The predicted molar refractivity (Wildman–Crippen MR) is 155 cm³/mol. The van der Waals surface area contributed by atoms with E-state index >= 15 is 0 Å². The van der Waals surface area contributed by atoms with Gasteiger partial charge in [-0.15, -0.1) is 10.2 Å². The molecule has 214 valence electrons. The molecule has 0 spiro atoms. The zero-order chi connectivity index (χ0) is 28.2. The summed E-state index contributed by atoms with van der Waals surface area (Å²) in [6, 6.07) is 7.79. The maximum atomic E-state index is 12.9. The molecule has 0 radical (unpaired) electrons. The topological polar surface area (TPSA) is 118 Å². The van der Waals surface area contributed by atoms with E-state index in [1.807, 2.05) is 24.0 Å². The van der Waals surface area contributed by atoms with Gasteiger partial charge < -0.3 is 20.0 Å². The normalized spacial score (nSPS) is 19.7. The van der Waals surface area contributed by atoms with Crippen molar-refractivity contribution in [2.24, 2.45) is 5.73 Å². The number of aromatic nitrogens is 4. The van der Waals surface area contributed by atoms with Gasteiger partial charge in [-0.2, -0.15) is 0 Å². The molecule has 2 fully saturated rings. The quantitative estimate of drug-likeness (QED) is 0.420. The summed E-state index contributed by atoms with van der Waals surface area (Å²) in [6.45, 7) is 10.6. The van der Waals surface area contributed by atoms with Gasteiger partial charge in [0.2, 0.25) is 5.89 Å². The van der Waals surface area contributed by atoms with E-state index in [0.717, 1.165) is 76.3 Å². The number of likely N-dealkylation sites (tertiary alicyclic amines) is 1. The Morgan fingerprint density at radius 3 is 2.55 bits per heavy atom. The maximum Gasteiger partial charge on any atom is 0.267 e. The number of anilines is 1. The molecule has 2 N–H and O–H groups in total. The zero-order valence-corrected chi connectivity index (χ0v) is 24.3. The van der Waals surface area contributed by atoms with Crippen LogP contribution in [0.5, 0.6) is 0 Å². The minimum atomic E-state index is -0.266. The van der Waals surface area contributed by atoms with E-state index in [9.17, 15) is 4.79 Å². The van der Waals surface area contributed by atoms with Crippen LogP contribution in [0.3, 0.4) is 0 Å². The van der Waals surface area contributed by atoms with Gasteiger partial charge in [0.15, 0.2) is 0 Å². The van der Waals surface area contributed by atoms with Crippen LogP contribution in [0.15, 0.2) is 34.9 Å². The molecule has 2 aliphatic heterocycles. The Kier molecular flexibility index (Phi) is 8.97. The second-order valence-corrected chi connectivity index (χ2v) is 11.2. The predicted octanol–water partition coefficient (Wildman–Crippen LogP) is 4.49. The Morgan fingerprint density at radius 2 is 1.88 bits per heavy atom. The van der Waals surface area contributed by atoms with Crippen LogP contribution < -0.4 is 10.6 Å². The summed E-state index contributed by atoms with van der Waals surface area (Å²) in [5, 5.41) is 8.90. The van der Waals surface area contributed by atoms with E-state index in [1.165, 1.54) is 0 Å². The van der Waals surface area contributed by atoms with E-state index in [2.05, 4.69) is 33.8 Å². The molecule has 40 heavy (non-hydrogen) atoms. The molecule has 2 aliphatic rings. The van der Waals surface area contributed by atoms with Crippen LogP contribution in [0.25, 0.3) is 11.6 Å². The third-order valence-corrected chi connectivity index (χ3v) is 8.36. The molecule has 2 saturated heterocycles. The minimum absolute atomic E-state index is 0.0880. The standard InChI is InChI=1S/C29H39ClN8O2/c1-4-6-24(31)27-34-35-28(40-27)25-17-32-26(19(3)33-25)37-15-16-38(22(5-2)18-37)23-11-13-36(14-12-23)29(39)20-7-9-21(30)10-8-20/h7-10,17,22-24H,4-6,11-16,18,31H2,1-3H3. The highest BCUT2D eigenvalue weighted by atomic mass is 35.5. The van der Waals surface area contributed by atoms with Crippen LogP contribution in [0.1, 0.15) is 73.9 Å². The van der Waals surface area contributed by atoms with E-state index in [1.54, 1.807) is 18.3 Å². The highest BCUT2D eigenvalue weighted by Gasteiger charge is 2.35. The smallest absolute Gasteiger partial charge is 0.267 e. The van der Waals surface area contributed by atoms with Crippen molar-refractivity contribution < 1.29 is 9.21 Å². The van der Waals surface area contributed by atoms with Crippen molar-refractivity contribution in [3.05, 3.63) is 52.6 Å². The largest absolute Gasteiger partial charge is 0.418 e. The number of benzene rings is 1. The minimum Gasteiger partial charge on any atom is -0.418 e. The molecule has 0 saturated carbocycles. The van der Waals surface area contributed by atoms with E-state index in [-0.39, 0.29) is 11.9 Å². The average molecular weight is 567 g/mol. The summed E-state index contributed by atoms with van der Waals surface area (Å²) in [6.07, 6.45) is 6.46. The number of carbonyl (C=O) groups is 1. The molecule has 1 aromatic carbocycles. The molecule has 2 aromatic heterocycles. The van der Waals surface area contributed by atoms with Gasteiger partial charge in [-0.1, -0.05) is 31.9 Å². The summed E-state index contributed by atoms with van der Waals surface area (Å²) in [4.78, 5) is 29.4. The SMILES string of the molecule is CCCC(N)c1nnc(-c2cnc(N3CCN(C4CCN(C(=O)c5ccc(Cl)cc5)CC4)C(CC)C3)c(C)n2)o1. The highest BCUT2D eigenvalue weighted by molar-refractivity contribution is 6.30. The molecule has 3 aromatic rings. The van der Waals surface area contributed by atoms with Crippen molar-refractivity contribution in [2.45, 2.75) is 71.0 Å². The van der Waals surface area contributed by atoms with Crippen LogP contribution in [0.4, 0.5) is 5.82 Å². The lowest BCUT2D eigenvalue weighted by Gasteiger charge is -2.47. The van der Waals surface area contributed by atoms with Crippen molar-refractivity contribution in [3.63, 3.8) is 0 Å². The molecule has 0 aliphatic carbocycles. The number of rotatable bonds is 8. The first-order valence-corrected chi connectivity index (χ1v) is 14.7. The lowest BCUT2D eigenvalue weighted by molar-refractivity contribution is 0.0490. The van der Waals surface area contributed by atoms with Gasteiger partial charge in [-0.3, -0.25) is 9.69 Å². The van der Waals surface area contributed by atoms with Crippen LogP contribution in [-0.4, -0.2) is 80.7 Å². The Bertz CT molecular complexity index is 1290. The summed E-state index contributed by atoms with van der Waals surface area (Å²) < 4.78 is 5.79. The van der Waals surface area contributed by atoms with Crippen LogP contribution in [0.2, 0.25) is 5.02 Å². The number of nitrogens with zero attached hydrogens (tertiary/aromatic N) is 7. The van der Waals surface area contributed by atoms with Crippen molar-refractivity contribution in [1.29, 1.82) is 0 Å². The second-order valence-electron chi connectivity index (χ2n) is 10.8.